The summed E-state index contributed by atoms with van der Waals surface area (Å²) < 4.78 is 1.87. The molecule has 0 unspecified atom stereocenters. The third kappa shape index (κ3) is 5.99. The van der Waals surface area contributed by atoms with E-state index in [2.05, 4.69) is 21.7 Å². The number of aryl methyl sites for hydroxylation is 1. The van der Waals surface area contributed by atoms with Crippen molar-refractivity contribution in [2.24, 2.45) is 7.05 Å². The summed E-state index contributed by atoms with van der Waals surface area (Å²) in [5.41, 5.74) is 2.72. The molecule has 0 fully saturated rings. The van der Waals surface area contributed by atoms with E-state index < -0.39 is 0 Å². The SMILES string of the molecule is Cn1ccnc1SCC(=O)Nc1ccc(C(=O)NCCC2=CCCCC2)cc1. The number of thioether (sulfide) groups is 1. The molecule has 0 saturated carbocycles. The summed E-state index contributed by atoms with van der Waals surface area (Å²) in [5, 5.41) is 6.61. The minimum atomic E-state index is -0.106. The standard InChI is InChI=1S/C21H26N4O2S/c1-25-14-13-23-21(25)28-15-19(26)24-18-9-7-17(8-10-18)20(27)22-12-11-16-5-3-2-4-6-16/h5,7-10,13-14H,2-4,6,11-12,15H2,1H3,(H,22,27)(H,24,26). The van der Waals surface area contributed by atoms with Crippen LogP contribution in [-0.2, 0) is 11.8 Å². The van der Waals surface area contributed by atoms with E-state index in [-0.39, 0.29) is 17.6 Å². The van der Waals surface area contributed by atoms with Crippen molar-refractivity contribution in [2.45, 2.75) is 37.3 Å². The summed E-state index contributed by atoms with van der Waals surface area (Å²) in [6, 6.07) is 6.97. The first-order valence-corrected chi connectivity index (χ1v) is 10.6. The van der Waals surface area contributed by atoms with Gasteiger partial charge in [-0.15, -0.1) is 0 Å². The molecular formula is C21H26N4O2S. The molecule has 1 heterocycles. The Hall–Kier alpha value is -2.54. The van der Waals surface area contributed by atoms with Crippen molar-refractivity contribution in [2.75, 3.05) is 17.6 Å². The van der Waals surface area contributed by atoms with Gasteiger partial charge in [-0.1, -0.05) is 23.4 Å². The molecule has 0 aliphatic heterocycles. The fraction of sp³-hybridized carbons (Fsp3) is 0.381. The minimum Gasteiger partial charge on any atom is -0.352 e. The van der Waals surface area contributed by atoms with Crippen LogP contribution < -0.4 is 10.6 Å². The van der Waals surface area contributed by atoms with Gasteiger partial charge in [0.2, 0.25) is 5.91 Å². The molecule has 2 amide bonds. The summed E-state index contributed by atoms with van der Waals surface area (Å²) in [4.78, 5) is 28.5. The van der Waals surface area contributed by atoms with E-state index in [0.29, 0.717) is 17.8 Å². The predicted octanol–water partition coefficient (Wildman–Crippen LogP) is 3.77. The van der Waals surface area contributed by atoms with Gasteiger partial charge >= 0.3 is 0 Å². The Kier molecular flexibility index (Phi) is 7.31. The number of aromatic nitrogens is 2. The molecule has 6 nitrogen and oxygen atoms in total. The minimum absolute atomic E-state index is 0.0837. The number of anilines is 1. The van der Waals surface area contributed by atoms with Crippen LogP contribution in [0.15, 0.2) is 53.5 Å². The molecule has 2 N–H and O–H groups in total. The largest absolute Gasteiger partial charge is 0.352 e. The molecule has 0 spiro atoms. The number of amides is 2. The van der Waals surface area contributed by atoms with Gasteiger partial charge in [0.25, 0.3) is 5.91 Å². The Labute approximate surface area is 169 Å². The highest BCUT2D eigenvalue weighted by molar-refractivity contribution is 7.99. The number of carbonyl (C=O) groups excluding carboxylic acids is 2. The lowest BCUT2D eigenvalue weighted by Gasteiger charge is -2.13. The van der Waals surface area contributed by atoms with E-state index >= 15 is 0 Å². The smallest absolute Gasteiger partial charge is 0.251 e. The van der Waals surface area contributed by atoms with Crippen LogP contribution in [-0.4, -0.2) is 33.7 Å². The third-order valence-electron chi connectivity index (χ3n) is 4.66. The van der Waals surface area contributed by atoms with Gasteiger partial charge in [-0.3, -0.25) is 9.59 Å². The number of nitrogens with zero attached hydrogens (tertiary/aromatic N) is 2. The maximum atomic E-state index is 12.3. The zero-order valence-corrected chi connectivity index (χ0v) is 16.9. The summed E-state index contributed by atoms with van der Waals surface area (Å²) >= 11 is 1.38. The van der Waals surface area contributed by atoms with E-state index in [1.54, 1.807) is 30.5 Å². The Balaban J connectivity index is 1.42. The van der Waals surface area contributed by atoms with Crippen molar-refractivity contribution >= 4 is 29.3 Å². The number of rotatable bonds is 8. The van der Waals surface area contributed by atoms with Gasteiger partial charge in [0.15, 0.2) is 5.16 Å². The Morgan fingerprint density at radius 2 is 2.04 bits per heavy atom. The lowest BCUT2D eigenvalue weighted by molar-refractivity contribution is -0.113. The van der Waals surface area contributed by atoms with Gasteiger partial charge in [-0.05, 0) is 56.4 Å². The van der Waals surface area contributed by atoms with Crippen LogP contribution in [0.5, 0.6) is 0 Å². The number of nitrogens with one attached hydrogen (secondary N) is 2. The molecule has 148 valence electrons. The quantitative estimate of drug-likeness (QED) is 0.524. The zero-order valence-electron chi connectivity index (χ0n) is 16.1. The third-order valence-corrected chi connectivity index (χ3v) is 5.72. The molecule has 0 atom stereocenters. The molecular weight excluding hydrogens is 372 g/mol. The highest BCUT2D eigenvalue weighted by atomic mass is 32.2. The van der Waals surface area contributed by atoms with E-state index in [1.807, 2.05) is 17.8 Å². The van der Waals surface area contributed by atoms with Crippen molar-refractivity contribution in [3.8, 4) is 0 Å². The number of allylic oxidation sites excluding steroid dienone is 1. The number of carbonyl (C=O) groups is 2. The van der Waals surface area contributed by atoms with Gasteiger partial charge in [-0.2, -0.15) is 0 Å². The number of benzene rings is 1. The van der Waals surface area contributed by atoms with Crippen molar-refractivity contribution < 1.29 is 9.59 Å². The maximum absolute atomic E-state index is 12.3. The Morgan fingerprint density at radius 1 is 1.21 bits per heavy atom. The van der Waals surface area contributed by atoms with Gasteiger partial charge < -0.3 is 15.2 Å². The topological polar surface area (TPSA) is 76.0 Å². The predicted molar refractivity (Wildman–Crippen MR) is 113 cm³/mol. The Bertz CT molecular complexity index is 842. The average Bonchev–Trinajstić information content (AvgIpc) is 3.12. The molecule has 7 heteroatoms. The fourth-order valence-electron chi connectivity index (χ4n) is 3.09. The summed E-state index contributed by atoms with van der Waals surface area (Å²) in [7, 11) is 1.89. The first-order valence-electron chi connectivity index (χ1n) is 9.58. The molecule has 2 aromatic rings. The molecule has 0 saturated heterocycles. The van der Waals surface area contributed by atoms with Crippen LogP contribution in [0.2, 0.25) is 0 Å². The van der Waals surface area contributed by atoms with E-state index in [9.17, 15) is 9.59 Å². The normalized spacial score (nSPS) is 13.7. The van der Waals surface area contributed by atoms with Gasteiger partial charge in [-0.25, -0.2) is 4.98 Å². The van der Waals surface area contributed by atoms with Crippen LogP contribution in [0.25, 0.3) is 0 Å². The molecule has 0 bridgehead atoms. The van der Waals surface area contributed by atoms with Crippen molar-refractivity contribution in [3.63, 3.8) is 0 Å². The van der Waals surface area contributed by atoms with E-state index in [1.165, 1.54) is 30.2 Å². The van der Waals surface area contributed by atoms with Crippen molar-refractivity contribution in [1.82, 2.24) is 14.9 Å². The van der Waals surface area contributed by atoms with Gasteiger partial charge in [0, 0.05) is 37.2 Å². The summed E-state index contributed by atoms with van der Waals surface area (Å²) in [6.07, 6.45) is 11.6. The molecule has 1 aromatic carbocycles. The monoisotopic (exact) mass is 398 g/mol. The van der Waals surface area contributed by atoms with E-state index in [4.69, 9.17) is 0 Å². The van der Waals surface area contributed by atoms with Crippen LogP contribution in [0.3, 0.4) is 0 Å². The zero-order chi connectivity index (χ0) is 19.8. The molecule has 1 aliphatic carbocycles. The number of imidazole rings is 1. The first kappa shape index (κ1) is 20.2. The first-order chi connectivity index (χ1) is 13.6. The molecule has 1 aromatic heterocycles. The number of hydrogen-bond donors (Lipinski definition) is 2. The summed E-state index contributed by atoms with van der Waals surface area (Å²) in [5.74, 6) is 0.0914. The molecule has 28 heavy (non-hydrogen) atoms. The number of hydrogen-bond acceptors (Lipinski definition) is 4. The van der Waals surface area contributed by atoms with Crippen LogP contribution >= 0.6 is 11.8 Å². The Morgan fingerprint density at radius 3 is 2.71 bits per heavy atom. The molecule has 0 radical (unpaired) electrons. The van der Waals surface area contributed by atoms with Gasteiger partial charge in [0.05, 0.1) is 5.75 Å². The molecule has 1 aliphatic rings. The average molecular weight is 399 g/mol. The van der Waals surface area contributed by atoms with Crippen molar-refractivity contribution in [3.05, 3.63) is 53.9 Å². The second kappa shape index (κ2) is 10.1. The second-order valence-electron chi connectivity index (χ2n) is 6.85. The lowest BCUT2D eigenvalue weighted by atomic mass is 9.97. The van der Waals surface area contributed by atoms with Crippen LogP contribution in [0, 0.1) is 0 Å². The summed E-state index contributed by atoms with van der Waals surface area (Å²) in [6.45, 7) is 0.660. The maximum Gasteiger partial charge on any atom is 0.251 e. The highest BCUT2D eigenvalue weighted by Gasteiger charge is 2.09. The fourth-order valence-corrected chi connectivity index (χ4v) is 3.83. The van der Waals surface area contributed by atoms with Crippen LogP contribution in [0.1, 0.15) is 42.5 Å². The van der Waals surface area contributed by atoms with Gasteiger partial charge in [0.1, 0.15) is 0 Å². The lowest BCUT2D eigenvalue weighted by Crippen LogP contribution is -2.25. The van der Waals surface area contributed by atoms with Crippen molar-refractivity contribution in [1.29, 1.82) is 0 Å². The molecule has 3 rings (SSSR count). The van der Waals surface area contributed by atoms with Crippen LogP contribution in [0.4, 0.5) is 5.69 Å². The highest BCUT2D eigenvalue weighted by Crippen LogP contribution is 2.19. The second-order valence-corrected chi connectivity index (χ2v) is 7.79. The van der Waals surface area contributed by atoms with E-state index in [0.717, 1.165) is 24.4 Å².